The second-order valence-corrected chi connectivity index (χ2v) is 6.26. The van der Waals surface area contributed by atoms with Crippen LogP contribution in [0.5, 0.6) is 5.75 Å². The van der Waals surface area contributed by atoms with E-state index in [1.165, 1.54) is 0 Å². The average Bonchev–Trinajstić information content (AvgIpc) is 2.47. The summed E-state index contributed by atoms with van der Waals surface area (Å²) in [4.78, 5) is 12.2. The standard InChI is InChI=1S/C15H21BrClNO3/c1-4-15(5-2,9-19)18-14(20)10(3)21-13-7-6-11(17)8-12(13)16/h6-8,10,19H,4-5,9H2,1-3H3,(H,18,20). The lowest BCUT2D eigenvalue weighted by molar-refractivity contribution is -0.130. The van der Waals surface area contributed by atoms with Crippen LogP contribution in [0.1, 0.15) is 33.6 Å². The fourth-order valence-electron chi connectivity index (χ4n) is 1.87. The van der Waals surface area contributed by atoms with Crippen molar-refractivity contribution < 1.29 is 14.6 Å². The quantitative estimate of drug-likeness (QED) is 0.763. The molecule has 0 bridgehead atoms. The molecular weight excluding hydrogens is 358 g/mol. The smallest absolute Gasteiger partial charge is 0.261 e. The van der Waals surface area contributed by atoms with Gasteiger partial charge in [-0.15, -0.1) is 0 Å². The molecule has 0 saturated heterocycles. The predicted molar refractivity (Wildman–Crippen MR) is 87.8 cm³/mol. The number of aliphatic hydroxyl groups is 1. The average molecular weight is 379 g/mol. The third-order valence-electron chi connectivity index (χ3n) is 3.61. The number of rotatable bonds is 7. The first kappa shape index (κ1) is 18.3. The molecule has 1 rings (SSSR count). The van der Waals surface area contributed by atoms with E-state index in [0.29, 0.717) is 28.1 Å². The van der Waals surface area contributed by atoms with Gasteiger partial charge in [-0.25, -0.2) is 0 Å². The van der Waals surface area contributed by atoms with E-state index >= 15 is 0 Å². The van der Waals surface area contributed by atoms with Crippen molar-refractivity contribution in [2.24, 2.45) is 0 Å². The van der Waals surface area contributed by atoms with Crippen LogP contribution in [0.15, 0.2) is 22.7 Å². The highest BCUT2D eigenvalue weighted by molar-refractivity contribution is 9.10. The van der Waals surface area contributed by atoms with Gasteiger partial charge in [0, 0.05) is 5.02 Å². The van der Waals surface area contributed by atoms with Gasteiger partial charge in [0.25, 0.3) is 5.91 Å². The van der Waals surface area contributed by atoms with Gasteiger partial charge in [-0.1, -0.05) is 25.4 Å². The minimum Gasteiger partial charge on any atom is -0.480 e. The molecule has 118 valence electrons. The summed E-state index contributed by atoms with van der Waals surface area (Å²) < 4.78 is 6.33. The zero-order valence-corrected chi connectivity index (χ0v) is 14.8. The molecule has 0 aliphatic carbocycles. The van der Waals surface area contributed by atoms with Gasteiger partial charge in [0.2, 0.25) is 0 Å². The highest BCUT2D eigenvalue weighted by Crippen LogP contribution is 2.28. The van der Waals surface area contributed by atoms with E-state index in [0.717, 1.165) is 0 Å². The lowest BCUT2D eigenvalue weighted by atomic mass is 9.93. The number of benzene rings is 1. The maximum absolute atomic E-state index is 12.2. The summed E-state index contributed by atoms with van der Waals surface area (Å²) in [5.74, 6) is 0.291. The minimum absolute atomic E-state index is 0.0941. The lowest BCUT2D eigenvalue weighted by Crippen LogP contribution is -2.54. The summed E-state index contributed by atoms with van der Waals surface area (Å²) in [6, 6.07) is 5.11. The topological polar surface area (TPSA) is 58.6 Å². The molecule has 21 heavy (non-hydrogen) atoms. The highest BCUT2D eigenvalue weighted by atomic mass is 79.9. The number of aliphatic hydroxyl groups excluding tert-OH is 1. The van der Waals surface area contributed by atoms with Crippen LogP contribution in [-0.2, 0) is 4.79 Å². The van der Waals surface area contributed by atoms with Crippen molar-refractivity contribution in [2.75, 3.05) is 6.61 Å². The summed E-state index contributed by atoms with van der Waals surface area (Å²) in [7, 11) is 0. The van der Waals surface area contributed by atoms with Crippen molar-refractivity contribution in [3.8, 4) is 5.75 Å². The fourth-order valence-corrected chi connectivity index (χ4v) is 2.64. The van der Waals surface area contributed by atoms with E-state index in [4.69, 9.17) is 16.3 Å². The largest absolute Gasteiger partial charge is 0.480 e. The van der Waals surface area contributed by atoms with Crippen LogP contribution >= 0.6 is 27.5 Å². The Morgan fingerprint density at radius 1 is 1.48 bits per heavy atom. The van der Waals surface area contributed by atoms with E-state index in [1.54, 1.807) is 25.1 Å². The SMILES string of the molecule is CCC(CC)(CO)NC(=O)C(C)Oc1ccc(Cl)cc1Br. The molecule has 0 radical (unpaired) electrons. The summed E-state index contributed by atoms with van der Waals surface area (Å²) in [6.07, 6.45) is 0.637. The molecule has 0 saturated carbocycles. The van der Waals surface area contributed by atoms with Gasteiger partial charge >= 0.3 is 0 Å². The molecule has 0 heterocycles. The molecule has 0 fully saturated rings. The molecule has 1 amide bonds. The number of carbonyl (C=O) groups excluding carboxylic acids is 1. The van der Waals surface area contributed by atoms with Crippen molar-refractivity contribution in [2.45, 2.75) is 45.3 Å². The summed E-state index contributed by atoms with van der Waals surface area (Å²) >= 11 is 9.21. The van der Waals surface area contributed by atoms with E-state index in [-0.39, 0.29) is 12.5 Å². The van der Waals surface area contributed by atoms with Crippen molar-refractivity contribution >= 4 is 33.4 Å². The zero-order chi connectivity index (χ0) is 16.0. The number of ether oxygens (including phenoxy) is 1. The normalized spacial score (nSPS) is 12.9. The van der Waals surface area contributed by atoms with Crippen LogP contribution in [0.25, 0.3) is 0 Å². The Hall–Kier alpha value is -0.780. The van der Waals surface area contributed by atoms with Gasteiger partial charge in [-0.05, 0) is 53.9 Å². The monoisotopic (exact) mass is 377 g/mol. The first-order valence-corrected chi connectivity index (χ1v) is 8.09. The first-order chi connectivity index (χ1) is 9.87. The number of hydrogen-bond donors (Lipinski definition) is 2. The van der Waals surface area contributed by atoms with Gasteiger partial charge in [0.05, 0.1) is 16.6 Å². The number of carbonyl (C=O) groups is 1. The third-order valence-corrected chi connectivity index (χ3v) is 4.47. The maximum atomic E-state index is 12.2. The lowest BCUT2D eigenvalue weighted by Gasteiger charge is -2.32. The number of amides is 1. The van der Waals surface area contributed by atoms with Crippen molar-refractivity contribution in [1.82, 2.24) is 5.32 Å². The van der Waals surface area contributed by atoms with Crippen LogP contribution in [-0.4, -0.2) is 29.3 Å². The van der Waals surface area contributed by atoms with Gasteiger partial charge in [-0.3, -0.25) is 4.79 Å². The molecule has 0 aromatic heterocycles. The molecule has 1 unspecified atom stereocenters. The Morgan fingerprint density at radius 3 is 2.57 bits per heavy atom. The number of hydrogen-bond acceptors (Lipinski definition) is 3. The molecule has 0 aliphatic rings. The number of nitrogens with one attached hydrogen (secondary N) is 1. The molecule has 1 aromatic rings. The van der Waals surface area contributed by atoms with Crippen molar-refractivity contribution in [3.63, 3.8) is 0 Å². The Labute approximate surface area is 139 Å². The van der Waals surface area contributed by atoms with Gasteiger partial charge in [0.1, 0.15) is 5.75 Å². The number of halogens is 2. The summed E-state index contributed by atoms with van der Waals surface area (Å²) in [5, 5.41) is 13.0. The Bertz CT molecular complexity index is 484. The zero-order valence-electron chi connectivity index (χ0n) is 12.5. The Kier molecular flexibility index (Phi) is 6.97. The van der Waals surface area contributed by atoms with E-state index in [9.17, 15) is 9.90 Å². The fraction of sp³-hybridized carbons (Fsp3) is 0.533. The van der Waals surface area contributed by atoms with E-state index in [1.807, 2.05) is 13.8 Å². The summed E-state index contributed by atoms with van der Waals surface area (Å²) in [6.45, 7) is 5.44. The molecule has 1 aromatic carbocycles. The van der Waals surface area contributed by atoms with E-state index in [2.05, 4.69) is 21.2 Å². The first-order valence-electron chi connectivity index (χ1n) is 6.92. The summed E-state index contributed by atoms with van der Waals surface area (Å²) in [5.41, 5.74) is -0.591. The second-order valence-electron chi connectivity index (χ2n) is 4.97. The minimum atomic E-state index is -0.675. The molecular formula is C15H21BrClNO3. The third kappa shape index (κ3) is 4.87. The van der Waals surface area contributed by atoms with Gasteiger partial charge < -0.3 is 15.2 Å². The molecule has 6 heteroatoms. The van der Waals surface area contributed by atoms with E-state index < -0.39 is 11.6 Å². The maximum Gasteiger partial charge on any atom is 0.261 e. The van der Waals surface area contributed by atoms with Crippen LogP contribution in [0.2, 0.25) is 5.02 Å². The van der Waals surface area contributed by atoms with Crippen LogP contribution in [0.3, 0.4) is 0 Å². The molecule has 0 spiro atoms. The Balaban J connectivity index is 2.74. The van der Waals surface area contributed by atoms with Crippen molar-refractivity contribution in [1.29, 1.82) is 0 Å². The molecule has 2 N–H and O–H groups in total. The second kappa shape index (κ2) is 8.01. The van der Waals surface area contributed by atoms with Gasteiger partial charge in [0.15, 0.2) is 6.10 Å². The predicted octanol–water partition coefficient (Wildman–Crippen LogP) is 3.54. The molecule has 1 atom stereocenters. The van der Waals surface area contributed by atoms with Crippen LogP contribution in [0, 0.1) is 0 Å². The molecule has 0 aliphatic heterocycles. The van der Waals surface area contributed by atoms with Crippen LogP contribution in [0.4, 0.5) is 0 Å². The van der Waals surface area contributed by atoms with Gasteiger partial charge in [-0.2, -0.15) is 0 Å². The highest BCUT2D eigenvalue weighted by Gasteiger charge is 2.29. The van der Waals surface area contributed by atoms with Crippen LogP contribution < -0.4 is 10.1 Å². The van der Waals surface area contributed by atoms with Crippen molar-refractivity contribution in [3.05, 3.63) is 27.7 Å². The Morgan fingerprint density at radius 2 is 2.10 bits per heavy atom. The molecule has 4 nitrogen and oxygen atoms in total.